The largest absolute Gasteiger partial charge is 0.336 e. The van der Waals surface area contributed by atoms with Crippen LogP contribution in [0.15, 0.2) is 12.7 Å². The van der Waals surface area contributed by atoms with Gasteiger partial charge in [0.1, 0.15) is 0 Å². The molecule has 16 heavy (non-hydrogen) atoms. The highest BCUT2D eigenvalue weighted by Gasteiger charge is 2.29. The standard InChI is InChI=1S/C12H19N3O/c1-4-12(16)14-7-8-15(10(2)3)11(9-14)5-6-13/h4,10-11H,1,5,7-9H2,2-3H3/t11-/m0/s1. The number of nitrogens with zero attached hydrogens (tertiary/aromatic N) is 3. The molecular formula is C12H19N3O. The van der Waals surface area contributed by atoms with Gasteiger partial charge in [-0.05, 0) is 19.9 Å². The third-order valence-corrected chi connectivity index (χ3v) is 3.00. The van der Waals surface area contributed by atoms with Crippen LogP contribution in [-0.2, 0) is 4.79 Å². The average Bonchev–Trinajstić information content (AvgIpc) is 2.28. The van der Waals surface area contributed by atoms with Crippen LogP contribution in [0.3, 0.4) is 0 Å². The Bertz CT molecular complexity index is 306. The highest BCUT2D eigenvalue weighted by molar-refractivity contribution is 5.87. The van der Waals surface area contributed by atoms with Gasteiger partial charge in [0, 0.05) is 31.7 Å². The van der Waals surface area contributed by atoms with E-state index < -0.39 is 0 Å². The van der Waals surface area contributed by atoms with Gasteiger partial charge >= 0.3 is 0 Å². The fraction of sp³-hybridized carbons (Fsp3) is 0.667. The summed E-state index contributed by atoms with van der Waals surface area (Å²) in [5.41, 5.74) is 0. The van der Waals surface area contributed by atoms with Crippen LogP contribution in [0.1, 0.15) is 20.3 Å². The van der Waals surface area contributed by atoms with Crippen molar-refractivity contribution in [1.29, 1.82) is 5.26 Å². The number of amides is 1. The Morgan fingerprint density at radius 1 is 1.62 bits per heavy atom. The molecular weight excluding hydrogens is 202 g/mol. The summed E-state index contributed by atoms with van der Waals surface area (Å²) in [4.78, 5) is 15.6. The first-order valence-electron chi connectivity index (χ1n) is 5.64. The lowest BCUT2D eigenvalue weighted by Crippen LogP contribution is -2.56. The van der Waals surface area contributed by atoms with Crippen molar-refractivity contribution in [3.8, 4) is 6.07 Å². The molecule has 0 saturated carbocycles. The van der Waals surface area contributed by atoms with Gasteiger partial charge in [0.25, 0.3) is 0 Å². The van der Waals surface area contributed by atoms with Crippen molar-refractivity contribution in [3.05, 3.63) is 12.7 Å². The molecule has 1 amide bonds. The second-order valence-electron chi connectivity index (χ2n) is 4.34. The highest BCUT2D eigenvalue weighted by Crippen LogP contribution is 2.15. The molecule has 0 aromatic carbocycles. The minimum atomic E-state index is -0.0358. The summed E-state index contributed by atoms with van der Waals surface area (Å²) in [7, 11) is 0. The van der Waals surface area contributed by atoms with Crippen molar-refractivity contribution in [2.45, 2.75) is 32.4 Å². The zero-order chi connectivity index (χ0) is 12.1. The van der Waals surface area contributed by atoms with E-state index in [4.69, 9.17) is 5.26 Å². The monoisotopic (exact) mass is 221 g/mol. The van der Waals surface area contributed by atoms with E-state index in [1.54, 1.807) is 4.90 Å². The maximum atomic E-state index is 11.5. The average molecular weight is 221 g/mol. The Morgan fingerprint density at radius 2 is 2.31 bits per heavy atom. The molecule has 1 atom stereocenters. The fourth-order valence-electron chi connectivity index (χ4n) is 2.17. The van der Waals surface area contributed by atoms with Crippen molar-refractivity contribution in [2.24, 2.45) is 0 Å². The molecule has 0 radical (unpaired) electrons. The smallest absolute Gasteiger partial charge is 0.246 e. The summed E-state index contributed by atoms with van der Waals surface area (Å²) < 4.78 is 0. The van der Waals surface area contributed by atoms with Crippen LogP contribution in [0.2, 0.25) is 0 Å². The van der Waals surface area contributed by atoms with Crippen molar-refractivity contribution in [3.63, 3.8) is 0 Å². The number of piperazine rings is 1. The van der Waals surface area contributed by atoms with Crippen molar-refractivity contribution < 1.29 is 4.79 Å². The third-order valence-electron chi connectivity index (χ3n) is 3.00. The molecule has 1 rings (SSSR count). The molecule has 88 valence electrons. The van der Waals surface area contributed by atoms with E-state index in [1.807, 2.05) is 0 Å². The van der Waals surface area contributed by atoms with Crippen LogP contribution in [0, 0.1) is 11.3 Å². The summed E-state index contributed by atoms with van der Waals surface area (Å²) in [6.45, 7) is 9.93. The van der Waals surface area contributed by atoms with Crippen molar-refractivity contribution in [1.82, 2.24) is 9.80 Å². The first-order chi connectivity index (χ1) is 7.60. The molecule has 1 fully saturated rings. The van der Waals surface area contributed by atoms with Gasteiger partial charge in [-0.15, -0.1) is 0 Å². The Kier molecular flexibility index (Phi) is 4.51. The van der Waals surface area contributed by atoms with E-state index in [0.717, 1.165) is 13.1 Å². The lowest BCUT2D eigenvalue weighted by Gasteiger charge is -2.42. The lowest BCUT2D eigenvalue weighted by atomic mass is 10.1. The molecule has 4 heteroatoms. The highest BCUT2D eigenvalue weighted by atomic mass is 16.2. The second kappa shape index (κ2) is 5.66. The molecule has 4 nitrogen and oxygen atoms in total. The number of hydrogen-bond acceptors (Lipinski definition) is 3. The van der Waals surface area contributed by atoms with E-state index in [0.29, 0.717) is 19.0 Å². The van der Waals surface area contributed by atoms with Crippen LogP contribution in [0.25, 0.3) is 0 Å². The molecule has 0 unspecified atom stereocenters. The molecule has 0 aliphatic carbocycles. The van der Waals surface area contributed by atoms with Crippen molar-refractivity contribution >= 4 is 5.91 Å². The van der Waals surface area contributed by atoms with E-state index >= 15 is 0 Å². The summed E-state index contributed by atoms with van der Waals surface area (Å²) in [5.74, 6) is -0.0358. The van der Waals surface area contributed by atoms with Gasteiger partial charge in [-0.1, -0.05) is 6.58 Å². The van der Waals surface area contributed by atoms with Crippen LogP contribution in [-0.4, -0.2) is 47.4 Å². The third kappa shape index (κ3) is 2.83. The molecule has 1 saturated heterocycles. The Hall–Kier alpha value is -1.34. The lowest BCUT2D eigenvalue weighted by molar-refractivity contribution is -0.129. The SMILES string of the molecule is C=CC(=O)N1CCN(C(C)C)[C@@H](CC#N)C1. The summed E-state index contributed by atoms with van der Waals surface area (Å²) in [6, 6.07) is 2.77. The Labute approximate surface area is 97.1 Å². The molecule has 0 spiro atoms. The molecule has 0 bridgehead atoms. The van der Waals surface area contributed by atoms with Crippen LogP contribution < -0.4 is 0 Å². The van der Waals surface area contributed by atoms with E-state index in [-0.39, 0.29) is 11.9 Å². The molecule has 0 N–H and O–H groups in total. The Morgan fingerprint density at radius 3 is 2.81 bits per heavy atom. The zero-order valence-corrected chi connectivity index (χ0v) is 10.0. The number of nitriles is 1. The first-order valence-corrected chi connectivity index (χ1v) is 5.64. The normalized spacial score (nSPS) is 21.9. The molecule has 1 aliphatic heterocycles. The maximum Gasteiger partial charge on any atom is 0.246 e. The van der Waals surface area contributed by atoms with Crippen LogP contribution in [0.5, 0.6) is 0 Å². The topological polar surface area (TPSA) is 47.3 Å². The number of carbonyl (C=O) groups excluding carboxylic acids is 1. The quantitative estimate of drug-likeness (QED) is 0.668. The van der Waals surface area contributed by atoms with Crippen molar-refractivity contribution in [2.75, 3.05) is 19.6 Å². The van der Waals surface area contributed by atoms with E-state index in [1.165, 1.54) is 6.08 Å². The molecule has 1 aliphatic rings. The summed E-state index contributed by atoms with van der Waals surface area (Å²) in [5, 5.41) is 8.80. The van der Waals surface area contributed by atoms with Gasteiger partial charge in [0.15, 0.2) is 0 Å². The van der Waals surface area contributed by atoms with Gasteiger partial charge in [0.05, 0.1) is 12.5 Å². The number of rotatable bonds is 3. The minimum Gasteiger partial charge on any atom is -0.336 e. The van der Waals surface area contributed by atoms with Crippen LogP contribution >= 0.6 is 0 Å². The summed E-state index contributed by atoms with van der Waals surface area (Å²) >= 11 is 0. The molecule has 1 heterocycles. The molecule has 0 aromatic rings. The minimum absolute atomic E-state index is 0.0358. The van der Waals surface area contributed by atoms with Gasteiger partial charge in [-0.25, -0.2) is 0 Å². The maximum absolute atomic E-state index is 11.5. The fourth-order valence-corrected chi connectivity index (χ4v) is 2.17. The van der Waals surface area contributed by atoms with Gasteiger partial charge in [0.2, 0.25) is 5.91 Å². The van der Waals surface area contributed by atoms with E-state index in [2.05, 4.69) is 31.4 Å². The van der Waals surface area contributed by atoms with E-state index in [9.17, 15) is 4.79 Å². The van der Waals surface area contributed by atoms with Gasteiger partial charge < -0.3 is 4.90 Å². The number of hydrogen-bond donors (Lipinski definition) is 0. The van der Waals surface area contributed by atoms with Gasteiger partial charge in [-0.2, -0.15) is 5.26 Å². The predicted molar refractivity (Wildman–Crippen MR) is 62.6 cm³/mol. The Balaban J connectivity index is 2.68. The van der Waals surface area contributed by atoms with Gasteiger partial charge in [-0.3, -0.25) is 9.69 Å². The second-order valence-corrected chi connectivity index (χ2v) is 4.34. The zero-order valence-electron chi connectivity index (χ0n) is 10.0. The molecule has 0 aromatic heterocycles. The summed E-state index contributed by atoms with van der Waals surface area (Å²) in [6.07, 6.45) is 1.81. The first kappa shape index (κ1) is 12.7. The number of carbonyl (C=O) groups is 1. The van der Waals surface area contributed by atoms with Crippen LogP contribution in [0.4, 0.5) is 0 Å². The predicted octanol–water partition coefficient (Wildman–Crippen LogP) is 1.01.